The Morgan fingerprint density at radius 3 is 2.74 bits per heavy atom. The first-order valence-corrected chi connectivity index (χ1v) is 8.17. The number of methoxy groups -OCH3 is 1. The minimum Gasteiger partial charge on any atom is -0.496 e. The molecule has 1 aromatic carbocycles. The Labute approximate surface area is 129 Å². The van der Waals surface area contributed by atoms with Crippen molar-refractivity contribution in [2.24, 2.45) is 5.92 Å². The molecule has 104 valence electrons. The van der Waals surface area contributed by atoms with Crippen molar-refractivity contribution in [1.29, 1.82) is 0 Å². The summed E-state index contributed by atoms with van der Waals surface area (Å²) in [5.74, 6) is 2.16. The van der Waals surface area contributed by atoms with E-state index in [1.807, 2.05) is 12.1 Å². The van der Waals surface area contributed by atoms with Crippen molar-refractivity contribution >= 4 is 33.6 Å². The second-order valence-electron chi connectivity index (χ2n) is 5.07. The number of hydrogen-bond donors (Lipinski definition) is 0. The van der Waals surface area contributed by atoms with Gasteiger partial charge in [-0.3, -0.25) is 0 Å². The Bertz CT molecular complexity index is 450. The van der Waals surface area contributed by atoms with E-state index in [-0.39, 0.29) is 0 Å². The highest BCUT2D eigenvalue weighted by atomic mass is 79.9. The third kappa shape index (κ3) is 4.00. The van der Waals surface area contributed by atoms with Gasteiger partial charge in [0.2, 0.25) is 0 Å². The van der Waals surface area contributed by atoms with Gasteiger partial charge in [0, 0.05) is 15.9 Å². The van der Waals surface area contributed by atoms with E-state index >= 15 is 0 Å². The van der Waals surface area contributed by atoms with Gasteiger partial charge in [-0.2, -0.15) is 0 Å². The molecule has 0 amide bonds. The molecule has 19 heavy (non-hydrogen) atoms. The third-order valence-corrected chi connectivity index (χ3v) is 4.62. The second-order valence-corrected chi connectivity index (χ2v) is 6.26. The van der Waals surface area contributed by atoms with E-state index in [1.54, 1.807) is 7.11 Å². The summed E-state index contributed by atoms with van der Waals surface area (Å²) in [6.45, 7) is 0. The molecule has 1 fully saturated rings. The summed E-state index contributed by atoms with van der Waals surface area (Å²) in [5, 5.41) is 0. The van der Waals surface area contributed by atoms with E-state index in [1.165, 1.54) is 37.7 Å². The van der Waals surface area contributed by atoms with Gasteiger partial charge in [0.15, 0.2) is 0 Å². The van der Waals surface area contributed by atoms with Gasteiger partial charge >= 0.3 is 0 Å². The van der Waals surface area contributed by atoms with Crippen LogP contribution in [0.5, 0.6) is 5.75 Å². The Morgan fingerprint density at radius 1 is 1.37 bits per heavy atom. The van der Waals surface area contributed by atoms with Crippen molar-refractivity contribution in [2.45, 2.75) is 32.1 Å². The van der Waals surface area contributed by atoms with Gasteiger partial charge in [0.1, 0.15) is 5.75 Å². The zero-order valence-corrected chi connectivity index (χ0v) is 13.6. The average Bonchev–Trinajstić information content (AvgIpc) is 2.46. The summed E-state index contributed by atoms with van der Waals surface area (Å²) in [4.78, 5) is 0. The van der Waals surface area contributed by atoms with E-state index in [0.717, 1.165) is 15.8 Å². The van der Waals surface area contributed by atoms with Crippen LogP contribution in [0, 0.1) is 5.92 Å². The molecule has 1 saturated carbocycles. The fraction of sp³-hybridized carbons (Fsp3) is 0.500. The molecule has 0 atom stereocenters. The van der Waals surface area contributed by atoms with Crippen molar-refractivity contribution in [2.75, 3.05) is 13.0 Å². The molecule has 0 radical (unpaired) electrons. The first-order chi connectivity index (χ1) is 9.24. The van der Waals surface area contributed by atoms with Crippen molar-refractivity contribution < 1.29 is 4.74 Å². The fourth-order valence-corrected chi connectivity index (χ4v) is 3.43. The maximum Gasteiger partial charge on any atom is 0.126 e. The largest absolute Gasteiger partial charge is 0.496 e. The highest BCUT2D eigenvalue weighted by Gasteiger charge is 2.17. The summed E-state index contributed by atoms with van der Waals surface area (Å²) in [5.41, 5.74) is 2.45. The maximum absolute atomic E-state index is 6.17. The molecule has 0 bridgehead atoms. The highest BCUT2D eigenvalue weighted by molar-refractivity contribution is 9.10. The lowest BCUT2D eigenvalue weighted by atomic mass is 9.83. The topological polar surface area (TPSA) is 9.23 Å². The lowest BCUT2D eigenvalue weighted by Gasteiger charge is -2.23. The Hall–Kier alpha value is -0.470. The van der Waals surface area contributed by atoms with Crippen LogP contribution in [-0.2, 0) is 0 Å². The molecule has 0 aliphatic heterocycles. The van der Waals surface area contributed by atoms with Crippen LogP contribution >= 0.6 is 27.5 Å². The highest BCUT2D eigenvalue weighted by Crippen LogP contribution is 2.33. The molecular formula is C16H20BrClO. The van der Waals surface area contributed by atoms with Gasteiger partial charge in [-0.1, -0.05) is 46.8 Å². The van der Waals surface area contributed by atoms with Crippen LogP contribution < -0.4 is 4.74 Å². The molecule has 1 aromatic rings. The van der Waals surface area contributed by atoms with Crippen LogP contribution in [0.1, 0.15) is 37.7 Å². The molecule has 2 rings (SSSR count). The molecule has 0 aromatic heterocycles. The van der Waals surface area contributed by atoms with Gasteiger partial charge in [0.05, 0.1) is 7.11 Å². The van der Waals surface area contributed by atoms with Gasteiger partial charge in [-0.25, -0.2) is 0 Å². The van der Waals surface area contributed by atoms with E-state index in [4.69, 9.17) is 16.3 Å². The molecule has 1 aliphatic rings. The molecule has 1 aliphatic carbocycles. The first kappa shape index (κ1) is 14.9. The standard InChI is InChI=1S/C16H20BrClO/c1-19-16-8-7-15(17)10-13(16)9-14(11-18)12-5-3-2-4-6-12/h7-10,12H,2-6,11H2,1H3. The molecule has 0 heterocycles. The third-order valence-electron chi connectivity index (χ3n) is 3.82. The number of hydrogen-bond acceptors (Lipinski definition) is 1. The van der Waals surface area contributed by atoms with Gasteiger partial charge in [0.25, 0.3) is 0 Å². The predicted octanol–water partition coefficient (Wildman–Crippen LogP) is 5.66. The van der Waals surface area contributed by atoms with Gasteiger partial charge in [-0.15, -0.1) is 11.6 Å². The molecular weight excluding hydrogens is 324 g/mol. The lowest BCUT2D eigenvalue weighted by Crippen LogP contribution is -2.10. The number of halogens is 2. The summed E-state index contributed by atoms with van der Waals surface area (Å²) in [6, 6.07) is 6.08. The SMILES string of the molecule is COc1ccc(Br)cc1C=C(CCl)C1CCCCC1. The summed E-state index contributed by atoms with van der Waals surface area (Å²) >= 11 is 9.68. The smallest absolute Gasteiger partial charge is 0.126 e. The molecule has 0 N–H and O–H groups in total. The van der Waals surface area contributed by atoms with E-state index in [0.29, 0.717) is 11.8 Å². The van der Waals surface area contributed by atoms with Crippen molar-refractivity contribution in [3.05, 3.63) is 33.8 Å². The molecule has 0 saturated heterocycles. The van der Waals surface area contributed by atoms with Crippen LogP contribution in [0.4, 0.5) is 0 Å². The molecule has 0 unspecified atom stereocenters. The number of ether oxygens (including phenoxy) is 1. The number of alkyl halides is 1. The van der Waals surface area contributed by atoms with Crippen molar-refractivity contribution in [1.82, 2.24) is 0 Å². The number of allylic oxidation sites excluding steroid dienone is 1. The quantitative estimate of drug-likeness (QED) is 0.641. The zero-order chi connectivity index (χ0) is 13.7. The second kappa shape index (κ2) is 7.35. The predicted molar refractivity (Wildman–Crippen MR) is 86.0 cm³/mol. The summed E-state index contributed by atoms with van der Waals surface area (Å²) in [6.07, 6.45) is 8.78. The van der Waals surface area contributed by atoms with Gasteiger partial charge in [-0.05, 0) is 37.0 Å². The molecule has 1 nitrogen and oxygen atoms in total. The summed E-state index contributed by atoms with van der Waals surface area (Å²) < 4.78 is 6.49. The average molecular weight is 344 g/mol. The van der Waals surface area contributed by atoms with Crippen LogP contribution in [0.15, 0.2) is 28.2 Å². The van der Waals surface area contributed by atoms with Crippen LogP contribution in [0.25, 0.3) is 6.08 Å². The minimum absolute atomic E-state index is 0.611. The normalized spacial score (nSPS) is 17.5. The number of benzene rings is 1. The van der Waals surface area contributed by atoms with E-state index < -0.39 is 0 Å². The fourth-order valence-electron chi connectivity index (χ4n) is 2.76. The first-order valence-electron chi connectivity index (χ1n) is 6.84. The van der Waals surface area contributed by atoms with E-state index in [2.05, 4.69) is 28.1 Å². The Morgan fingerprint density at radius 2 is 2.11 bits per heavy atom. The zero-order valence-electron chi connectivity index (χ0n) is 11.3. The van der Waals surface area contributed by atoms with Crippen LogP contribution in [0.2, 0.25) is 0 Å². The molecule has 3 heteroatoms. The Kier molecular flexibility index (Phi) is 5.77. The van der Waals surface area contributed by atoms with Crippen molar-refractivity contribution in [3.63, 3.8) is 0 Å². The van der Waals surface area contributed by atoms with Crippen molar-refractivity contribution in [3.8, 4) is 5.75 Å². The Balaban J connectivity index is 2.28. The lowest BCUT2D eigenvalue weighted by molar-refractivity contribution is 0.404. The summed E-state index contributed by atoms with van der Waals surface area (Å²) in [7, 11) is 1.71. The number of rotatable bonds is 4. The van der Waals surface area contributed by atoms with Crippen LogP contribution in [0.3, 0.4) is 0 Å². The van der Waals surface area contributed by atoms with Crippen LogP contribution in [-0.4, -0.2) is 13.0 Å². The monoisotopic (exact) mass is 342 g/mol. The minimum atomic E-state index is 0.611. The van der Waals surface area contributed by atoms with Gasteiger partial charge < -0.3 is 4.74 Å². The van der Waals surface area contributed by atoms with E-state index in [9.17, 15) is 0 Å². The molecule has 0 spiro atoms. The maximum atomic E-state index is 6.17.